The molecule has 0 bridgehead atoms. The molecule has 3 heterocycles. The normalized spacial score (nSPS) is 11.6. The molecule has 0 saturated heterocycles. The molecule has 0 aromatic carbocycles. The van der Waals surface area contributed by atoms with Gasteiger partial charge in [-0.25, -0.2) is 9.67 Å². The van der Waals surface area contributed by atoms with Crippen molar-refractivity contribution in [1.29, 1.82) is 0 Å². The van der Waals surface area contributed by atoms with Crippen LogP contribution in [0, 0.1) is 0 Å². The SMILES string of the molecule is CN(C(=O)CCSc1nc(C(C)(C)C)cs1)c1cn(-c2cccnc2)nc1Cl. The van der Waals surface area contributed by atoms with Crippen molar-refractivity contribution in [1.82, 2.24) is 19.7 Å². The highest BCUT2D eigenvalue weighted by atomic mass is 35.5. The molecule has 0 N–H and O–H groups in total. The van der Waals surface area contributed by atoms with Gasteiger partial charge in [0.15, 0.2) is 5.15 Å². The molecule has 0 radical (unpaired) electrons. The highest BCUT2D eigenvalue weighted by Crippen LogP contribution is 2.30. The van der Waals surface area contributed by atoms with Gasteiger partial charge in [0.2, 0.25) is 5.91 Å². The molecular weight excluding hydrogens is 414 g/mol. The van der Waals surface area contributed by atoms with Gasteiger partial charge in [-0.2, -0.15) is 5.10 Å². The molecule has 3 aromatic heterocycles. The molecule has 0 aliphatic rings. The number of thiazole rings is 1. The van der Waals surface area contributed by atoms with Crippen LogP contribution in [0.2, 0.25) is 5.15 Å². The minimum atomic E-state index is -0.0206. The van der Waals surface area contributed by atoms with Gasteiger partial charge in [-0.1, -0.05) is 44.1 Å². The summed E-state index contributed by atoms with van der Waals surface area (Å²) in [4.78, 5) is 22.9. The maximum Gasteiger partial charge on any atom is 0.227 e. The fourth-order valence-corrected chi connectivity index (χ4v) is 4.69. The lowest BCUT2D eigenvalue weighted by Gasteiger charge is -2.15. The lowest BCUT2D eigenvalue weighted by Crippen LogP contribution is -2.26. The van der Waals surface area contributed by atoms with Crippen molar-refractivity contribution in [2.75, 3.05) is 17.7 Å². The fourth-order valence-electron chi connectivity index (χ4n) is 2.39. The van der Waals surface area contributed by atoms with Crippen molar-refractivity contribution >= 4 is 46.3 Å². The quantitative estimate of drug-likeness (QED) is 0.519. The smallest absolute Gasteiger partial charge is 0.227 e. The van der Waals surface area contributed by atoms with Gasteiger partial charge < -0.3 is 4.90 Å². The van der Waals surface area contributed by atoms with Crippen molar-refractivity contribution in [2.45, 2.75) is 36.9 Å². The lowest BCUT2D eigenvalue weighted by atomic mass is 9.93. The molecule has 3 aromatic rings. The van der Waals surface area contributed by atoms with Crippen LogP contribution in [0.25, 0.3) is 5.69 Å². The van der Waals surface area contributed by atoms with E-state index in [2.05, 4.69) is 41.2 Å². The molecule has 6 nitrogen and oxygen atoms in total. The topological polar surface area (TPSA) is 63.9 Å². The van der Waals surface area contributed by atoms with Crippen LogP contribution in [0.3, 0.4) is 0 Å². The predicted molar refractivity (Wildman–Crippen MR) is 116 cm³/mol. The van der Waals surface area contributed by atoms with Crippen molar-refractivity contribution in [2.24, 2.45) is 0 Å². The zero-order chi connectivity index (χ0) is 20.3. The van der Waals surface area contributed by atoms with E-state index in [1.807, 2.05) is 12.1 Å². The number of carbonyl (C=O) groups excluding carboxylic acids is 1. The van der Waals surface area contributed by atoms with Crippen LogP contribution in [0.5, 0.6) is 0 Å². The van der Waals surface area contributed by atoms with Crippen LogP contribution in [0.4, 0.5) is 5.69 Å². The van der Waals surface area contributed by atoms with Crippen molar-refractivity contribution in [3.63, 3.8) is 0 Å². The molecule has 28 heavy (non-hydrogen) atoms. The minimum absolute atomic E-state index is 0.0206. The van der Waals surface area contributed by atoms with Gasteiger partial charge in [0, 0.05) is 36.2 Å². The van der Waals surface area contributed by atoms with Gasteiger partial charge in [0.25, 0.3) is 0 Å². The Morgan fingerprint density at radius 3 is 2.82 bits per heavy atom. The molecule has 0 aliphatic carbocycles. The summed E-state index contributed by atoms with van der Waals surface area (Å²) >= 11 is 9.47. The van der Waals surface area contributed by atoms with Gasteiger partial charge in [-0.15, -0.1) is 11.3 Å². The molecule has 9 heteroatoms. The molecule has 0 saturated carbocycles. The first kappa shape index (κ1) is 20.8. The summed E-state index contributed by atoms with van der Waals surface area (Å²) in [5.41, 5.74) is 2.48. The first-order valence-electron chi connectivity index (χ1n) is 8.76. The number of aromatic nitrogens is 4. The average molecular weight is 436 g/mol. The Morgan fingerprint density at radius 1 is 1.39 bits per heavy atom. The Hall–Kier alpha value is -1.90. The standard InChI is InChI=1S/C19H22ClN5OS2/c1-19(2,3)15-12-28-18(22-15)27-9-7-16(26)24(4)14-11-25(23-17(14)20)13-6-5-8-21-10-13/h5-6,8,10-12H,7,9H2,1-4H3. The van der Waals surface area contributed by atoms with E-state index in [1.165, 1.54) is 0 Å². The summed E-state index contributed by atoms with van der Waals surface area (Å²) < 4.78 is 2.61. The molecule has 148 valence electrons. The molecule has 0 spiro atoms. The Bertz CT molecular complexity index is 949. The van der Waals surface area contributed by atoms with Gasteiger partial charge in [-0.3, -0.25) is 9.78 Å². The molecule has 0 aliphatic heterocycles. The predicted octanol–water partition coefficient (Wildman–Crippen LogP) is 4.82. The Labute approximate surface area is 177 Å². The largest absolute Gasteiger partial charge is 0.311 e. The number of amides is 1. The highest BCUT2D eigenvalue weighted by molar-refractivity contribution is 8.01. The van der Waals surface area contributed by atoms with Crippen molar-refractivity contribution in [3.05, 3.63) is 47.0 Å². The monoisotopic (exact) mass is 435 g/mol. The number of nitrogens with zero attached hydrogens (tertiary/aromatic N) is 5. The number of carbonyl (C=O) groups is 1. The van der Waals surface area contributed by atoms with Gasteiger partial charge >= 0.3 is 0 Å². The van der Waals surface area contributed by atoms with Crippen LogP contribution in [-0.4, -0.2) is 38.5 Å². The third kappa shape index (κ3) is 4.92. The minimum Gasteiger partial charge on any atom is -0.311 e. The summed E-state index contributed by atoms with van der Waals surface area (Å²) in [6.07, 6.45) is 5.50. The first-order chi connectivity index (χ1) is 13.3. The lowest BCUT2D eigenvalue weighted by molar-refractivity contribution is -0.117. The van der Waals surface area contributed by atoms with Crippen LogP contribution in [-0.2, 0) is 10.2 Å². The summed E-state index contributed by atoms with van der Waals surface area (Å²) in [5.74, 6) is 0.641. The number of hydrogen-bond acceptors (Lipinski definition) is 6. The molecule has 0 unspecified atom stereocenters. The number of anilines is 1. The third-order valence-electron chi connectivity index (χ3n) is 4.09. The van der Waals surface area contributed by atoms with Crippen molar-refractivity contribution < 1.29 is 4.79 Å². The number of rotatable bonds is 6. The van der Waals surface area contributed by atoms with E-state index in [1.54, 1.807) is 58.3 Å². The summed E-state index contributed by atoms with van der Waals surface area (Å²) in [7, 11) is 1.71. The fraction of sp³-hybridized carbons (Fsp3) is 0.368. The Morgan fingerprint density at radius 2 is 2.18 bits per heavy atom. The molecular formula is C19H22ClN5OS2. The van der Waals surface area contributed by atoms with E-state index >= 15 is 0 Å². The Balaban J connectivity index is 1.59. The summed E-state index contributed by atoms with van der Waals surface area (Å²) in [5, 5.41) is 6.64. The second-order valence-electron chi connectivity index (χ2n) is 7.26. The van der Waals surface area contributed by atoms with E-state index in [-0.39, 0.29) is 16.5 Å². The van der Waals surface area contributed by atoms with Gasteiger partial charge in [0.05, 0.1) is 23.8 Å². The highest BCUT2D eigenvalue weighted by Gasteiger charge is 2.19. The summed E-state index contributed by atoms with van der Waals surface area (Å²) in [6, 6.07) is 3.69. The van der Waals surface area contributed by atoms with E-state index in [0.717, 1.165) is 15.7 Å². The van der Waals surface area contributed by atoms with Crippen LogP contribution >= 0.6 is 34.7 Å². The summed E-state index contributed by atoms with van der Waals surface area (Å²) in [6.45, 7) is 6.43. The van der Waals surface area contributed by atoms with E-state index < -0.39 is 0 Å². The molecule has 3 rings (SSSR count). The second kappa shape index (κ2) is 8.63. The zero-order valence-corrected chi connectivity index (χ0v) is 18.6. The van der Waals surface area contributed by atoms with Crippen LogP contribution in [0.1, 0.15) is 32.9 Å². The zero-order valence-electron chi connectivity index (χ0n) is 16.2. The number of thioether (sulfide) groups is 1. The van der Waals surface area contributed by atoms with Crippen molar-refractivity contribution in [3.8, 4) is 5.69 Å². The van der Waals surface area contributed by atoms with E-state index in [0.29, 0.717) is 17.9 Å². The maximum atomic E-state index is 12.6. The van der Waals surface area contributed by atoms with Crippen LogP contribution < -0.4 is 4.90 Å². The first-order valence-corrected chi connectivity index (χ1v) is 11.0. The van der Waals surface area contributed by atoms with E-state index in [9.17, 15) is 4.79 Å². The van der Waals surface area contributed by atoms with Gasteiger partial charge in [-0.05, 0) is 12.1 Å². The van der Waals surface area contributed by atoms with Crippen LogP contribution in [0.15, 0.2) is 40.4 Å². The van der Waals surface area contributed by atoms with E-state index in [4.69, 9.17) is 11.6 Å². The average Bonchev–Trinajstić information content (AvgIpc) is 3.28. The number of pyridine rings is 1. The Kier molecular flexibility index (Phi) is 6.42. The molecule has 0 atom stereocenters. The number of halogens is 1. The van der Waals surface area contributed by atoms with Gasteiger partial charge in [0.1, 0.15) is 10.0 Å². The molecule has 1 amide bonds. The number of hydrogen-bond donors (Lipinski definition) is 0. The molecule has 0 fully saturated rings. The third-order valence-corrected chi connectivity index (χ3v) is 6.38. The maximum absolute atomic E-state index is 12.6. The second-order valence-corrected chi connectivity index (χ2v) is 9.82.